The molecule has 174 valence electrons. The van der Waals surface area contributed by atoms with Crippen molar-refractivity contribution in [1.29, 1.82) is 0 Å². The van der Waals surface area contributed by atoms with Gasteiger partial charge in [0.15, 0.2) is 11.5 Å². The third-order valence-electron chi connectivity index (χ3n) is 5.40. The van der Waals surface area contributed by atoms with E-state index >= 15 is 0 Å². The highest BCUT2D eigenvalue weighted by atomic mass is 32.1. The van der Waals surface area contributed by atoms with E-state index in [2.05, 4.69) is 10.3 Å². The maximum Gasteiger partial charge on any atom is 0.226 e. The number of rotatable bonds is 10. The van der Waals surface area contributed by atoms with Gasteiger partial charge in [-0.05, 0) is 48.7 Å². The van der Waals surface area contributed by atoms with Gasteiger partial charge in [-0.3, -0.25) is 4.79 Å². The van der Waals surface area contributed by atoms with Crippen LogP contribution in [-0.4, -0.2) is 44.4 Å². The summed E-state index contributed by atoms with van der Waals surface area (Å²) in [6.45, 7) is 1.86. The first-order chi connectivity index (χ1) is 16.1. The maximum atomic E-state index is 12.4. The van der Waals surface area contributed by atoms with Crippen LogP contribution in [0.2, 0.25) is 0 Å². The highest BCUT2D eigenvalue weighted by Gasteiger charge is 2.16. The molecule has 1 N–H and O–H groups in total. The minimum atomic E-state index is -0.0714. The molecule has 8 heteroatoms. The first kappa shape index (κ1) is 23.1. The first-order valence-electron chi connectivity index (χ1n) is 10.9. The van der Waals surface area contributed by atoms with E-state index in [-0.39, 0.29) is 18.4 Å². The highest BCUT2D eigenvalue weighted by Crippen LogP contribution is 2.33. The molecule has 2 heterocycles. The van der Waals surface area contributed by atoms with Crippen LogP contribution >= 0.6 is 11.3 Å². The lowest BCUT2D eigenvalue weighted by molar-refractivity contribution is -0.120. The van der Waals surface area contributed by atoms with E-state index in [1.54, 1.807) is 14.2 Å². The summed E-state index contributed by atoms with van der Waals surface area (Å²) in [6.07, 6.45) is 2.58. The zero-order valence-electron chi connectivity index (χ0n) is 18.8. The second-order valence-electron chi connectivity index (χ2n) is 7.76. The zero-order valence-corrected chi connectivity index (χ0v) is 19.7. The van der Waals surface area contributed by atoms with Crippen molar-refractivity contribution in [3.63, 3.8) is 0 Å². The van der Waals surface area contributed by atoms with Crippen LogP contribution in [-0.2, 0) is 22.5 Å². The van der Waals surface area contributed by atoms with E-state index < -0.39 is 0 Å². The minimum absolute atomic E-state index is 0.0714. The molecule has 1 fully saturated rings. The lowest BCUT2D eigenvalue weighted by Gasteiger charge is -2.12. The molecular formula is C25H28N2O5S. The van der Waals surface area contributed by atoms with E-state index in [1.165, 1.54) is 11.3 Å². The van der Waals surface area contributed by atoms with Crippen molar-refractivity contribution >= 4 is 17.2 Å². The Kier molecular flexibility index (Phi) is 7.80. The fourth-order valence-electron chi connectivity index (χ4n) is 3.59. The molecule has 1 aliphatic rings. The number of amides is 1. The number of methoxy groups -OCH3 is 2. The normalized spacial score (nSPS) is 15.3. The van der Waals surface area contributed by atoms with Gasteiger partial charge < -0.3 is 24.3 Å². The number of carbonyl (C=O) groups excluding carboxylic acids is 1. The highest BCUT2D eigenvalue weighted by molar-refractivity contribution is 7.13. The van der Waals surface area contributed by atoms with Gasteiger partial charge in [0.2, 0.25) is 5.91 Å². The monoisotopic (exact) mass is 468 g/mol. The molecule has 0 saturated carbocycles. The molecule has 3 aromatic rings. The molecule has 1 atom stereocenters. The van der Waals surface area contributed by atoms with Gasteiger partial charge in [0.05, 0.1) is 32.4 Å². The van der Waals surface area contributed by atoms with Crippen LogP contribution in [0.5, 0.6) is 17.2 Å². The van der Waals surface area contributed by atoms with Crippen LogP contribution in [0.1, 0.15) is 24.1 Å². The molecule has 1 aliphatic heterocycles. The molecule has 1 saturated heterocycles. The van der Waals surface area contributed by atoms with Crippen molar-refractivity contribution in [2.24, 2.45) is 0 Å². The van der Waals surface area contributed by atoms with Crippen molar-refractivity contribution in [2.45, 2.75) is 31.9 Å². The number of benzene rings is 2. The largest absolute Gasteiger partial charge is 0.493 e. The van der Waals surface area contributed by atoms with Gasteiger partial charge >= 0.3 is 0 Å². The third-order valence-corrected chi connectivity index (χ3v) is 6.34. The van der Waals surface area contributed by atoms with E-state index in [1.807, 2.05) is 47.8 Å². The molecule has 7 nitrogen and oxygen atoms in total. The van der Waals surface area contributed by atoms with Crippen molar-refractivity contribution in [3.8, 4) is 27.8 Å². The van der Waals surface area contributed by atoms with Crippen LogP contribution in [0.15, 0.2) is 47.8 Å². The average Bonchev–Trinajstić information content (AvgIpc) is 3.54. The first-order valence-corrected chi connectivity index (χ1v) is 11.8. The van der Waals surface area contributed by atoms with E-state index in [4.69, 9.17) is 18.9 Å². The molecule has 1 aromatic heterocycles. The Morgan fingerprint density at radius 2 is 1.97 bits per heavy atom. The van der Waals surface area contributed by atoms with Crippen molar-refractivity contribution in [1.82, 2.24) is 10.3 Å². The predicted molar refractivity (Wildman–Crippen MR) is 127 cm³/mol. The van der Waals surface area contributed by atoms with E-state index in [9.17, 15) is 4.79 Å². The Hall–Kier alpha value is -3.10. The molecule has 0 spiro atoms. The second-order valence-corrected chi connectivity index (χ2v) is 8.62. The van der Waals surface area contributed by atoms with Crippen LogP contribution in [0.3, 0.4) is 0 Å². The smallest absolute Gasteiger partial charge is 0.226 e. The Morgan fingerprint density at radius 3 is 2.70 bits per heavy atom. The van der Waals surface area contributed by atoms with Crippen LogP contribution in [0.4, 0.5) is 0 Å². The lowest BCUT2D eigenvalue weighted by atomic mass is 10.2. The Balaban J connectivity index is 1.26. The Bertz CT molecular complexity index is 1060. The fourth-order valence-corrected chi connectivity index (χ4v) is 4.40. The van der Waals surface area contributed by atoms with Crippen LogP contribution in [0, 0.1) is 0 Å². The Labute approximate surface area is 197 Å². The van der Waals surface area contributed by atoms with Gasteiger partial charge in [-0.1, -0.05) is 12.1 Å². The summed E-state index contributed by atoms with van der Waals surface area (Å²) >= 11 is 1.50. The number of carbonyl (C=O) groups is 1. The summed E-state index contributed by atoms with van der Waals surface area (Å²) < 4.78 is 22.0. The summed E-state index contributed by atoms with van der Waals surface area (Å²) in [5.74, 6) is 2.05. The summed E-state index contributed by atoms with van der Waals surface area (Å²) in [5, 5.41) is 5.69. The summed E-state index contributed by atoms with van der Waals surface area (Å²) in [5.41, 5.74) is 2.67. The van der Waals surface area contributed by atoms with Gasteiger partial charge in [-0.15, -0.1) is 11.3 Å². The van der Waals surface area contributed by atoms with Gasteiger partial charge in [0, 0.05) is 24.1 Å². The number of thiazole rings is 1. The van der Waals surface area contributed by atoms with Crippen LogP contribution < -0.4 is 19.5 Å². The van der Waals surface area contributed by atoms with E-state index in [0.717, 1.165) is 47.0 Å². The third kappa shape index (κ3) is 6.24. The molecule has 0 radical (unpaired) electrons. The molecule has 4 rings (SSSR count). The predicted octanol–water partition coefficient (Wildman–Crippen LogP) is 4.24. The number of ether oxygens (including phenoxy) is 4. The van der Waals surface area contributed by atoms with Gasteiger partial charge in [0.25, 0.3) is 0 Å². The fraction of sp³-hybridized carbons (Fsp3) is 0.360. The number of nitrogens with one attached hydrogen (secondary N) is 1. The number of aromatic nitrogens is 1. The summed E-state index contributed by atoms with van der Waals surface area (Å²) in [4.78, 5) is 17.0. The SMILES string of the molecule is COc1ccc(-c2nc(CC(=O)NCc3ccc(OCC4CCCO4)cc3)cs2)cc1OC. The van der Waals surface area contributed by atoms with Gasteiger partial charge in [0.1, 0.15) is 17.4 Å². The minimum Gasteiger partial charge on any atom is -0.493 e. The summed E-state index contributed by atoms with van der Waals surface area (Å²) in [6, 6.07) is 13.4. The van der Waals surface area contributed by atoms with Crippen molar-refractivity contribution in [3.05, 3.63) is 59.1 Å². The van der Waals surface area contributed by atoms with Gasteiger partial charge in [-0.2, -0.15) is 0 Å². The number of hydrogen-bond acceptors (Lipinski definition) is 7. The van der Waals surface area contributed by atoms with Crippen LogP contribution in [0.25, 0.3) is 10.6 Å². The maximum absolute atomic E-state index is 12.4. The lowest BCUT2D eigenvalue weighted by Crippen LogP contribution is -2.24. The molecule has 33 heavy (non-hydrogen) atoms. The second kappa shape index (κ2) is 11.2. The topological polar surface area (TPSA) is 78.9 Å². The Morgan fingerprint density at radius 1 is 1.15 bits per heavy atom. The van der Waals surface area contributed by atoms with Crippen molar-refractivity contribution < 1.29 is 23.7 Å². The molecule has 0 bridgehead atoms. The van der Waals surface area contributed by atoms with Gasteiger partial charge in [-0.25, -0.2) is 4.98 Å². The molecule has 1 amide bonds. The molecule has 2 aromatic carbocycles. The zero-order chi connectivity index (χ0) is 23.0. The summed E-state index contributed by atoms with van der Waals surface area (Å²) in [7, 11) is 3.21. The molecule has 1 unspecified atom stereocenters. The number of hydrogen-bond donors (Lipinski definition) is 1. The van der Waals surface area contributed by atoms with Crippen molar-refractivity contribution in [2.75, 3.05) is 27.4 Å². The molecule has 0 aliphatic carbocycles. The molecular weight excluding hydrogens is 440 g/mol. The van der Waals surface area contributed by atoms with E-state index in [0.29, 0.717) is 24.7 Å². The quantitative estimate of drug-likeness (QED) is 0.479. The average molecular weight is 469 g/mol. The number of nitrogens with zero attached hydrogens (tertiary/aromatic N) is 1. The standard InChI is InChI=1S/C25H28N2O5S/c1-29-22-10-7-18(12-23(22)30-2)25-27-19(16-33-25)13-24(28)26-14-17-5-8-20(9-6-17)32-15-21-4-3-11-31-21/h5-10,12,16,21H,3-4,11,13-15H2,1-2H3,(H,26,28).